The van der Waals surface area contributed by atoms with Gasteiger partial charge in [-0.15, -0.1) is 10.2 Å². The van der Waals surface area contributed by atoms with E-state index in [0.29, 0.717) is 17.7 Å². The van der Waals surface area contributed by atoms with Crippen LogP contribution in [0.3, 0.4) is 0 Å². The minimum atomic E-state index is -4.83. The maximum absolute atomic E-state index is 12.2. The van der Waals surface area contributed by atoms with Gasteiger partial charge in [0.05, 0.1) is 11.3 Å². The van der Waals surface area contributed by atoms with Crippen molar-refractivity contribution in [2.24, 2.45) is 10.2 Å². The van der Waals surface area contributed by atoms with Crippen molar-refractivity contribution in [1.29, 1.82) is 5.26 Å². The molecule has 0 saturated heterocycles. The normalized spacial score (nSPS) is 12.0. The third-order valence-electron chi connectivity index (χ3n) is 6.23. The summed E-state index contributed by atoms with van der Waals surface area (Å²) in [5.41, 5.74) is 9.05. The number of nitrogens with two attached hydrogens (primary N) is 1. The quantitative estimate of drug-likeness (QED) is 0.110. The molecule has 5 aromatic rings. The van der Waals surface area contributed by atoms with Gasteiger partial charge in [0.25, 0.3) is 20.2 Å². The van der Waals surface area contributed by atoms with E-state index in [1.807, 2.05) is 42.5 Å². The fourth-order valence-corrected chi connectivity index (χ4v) is 6.66. The van der Waals surface area contributed by atoms with E-state index in [0.717, 1.165) is 34.7 Å². The Morgan fingerprint density at radius 1 is 0.833 bits per heavy atom. The number of fused-ring (bicyclic) bond motifs is 1. The van der Waals surface area contributed by atoms with Crippen molar-refractivity contribution in [3.63, 3.8) is 0 Å². The zero-order chi connectivity index (χ0) is 30.1. The number of nitrogens with zero attached hydrogens (tertiary/aromatic N) is 3. The van der Waals surface area contributed by atoms with Crippen molar-refractivity contribution in [2.75, 3.05) is 11.1 Å². The molecule has 0 aliphatic carbocycles. The maximum atomic E-state index is 12.2. The smallest absolute Gasteiger partial charge is 0.295 e. The molecule has 4 aromatic carbocycles. The summed E-state index contributed by atoms with van der Waals surface area (Å²) in [4.78, 5) is -1.20. The molecule has 1 heterocycles. The Labute approximate surface area is 245 Å². The number of nitriles is 1. The number of nitrogens with one attached hydrogen (secondary N) is 1. The van der Waals surface area contributed by atoms with Crippen molar-refractivity contribution < 1.29 is 25.9 Å². The van der Waals surface area contributed by atoms with Crippen molar-refractivity contribution in [3.8, 4) is 17.2 Å². The molecule has 0 unspecified atom stereocenters. The summed E-state index contributed by atoms with van der Waals surface area (Å²) in [5.74, 6) is 0. The lowest BCUT2D eigenvalue weighted by molar-refractivity contribution is 0.481. The number of hydrogen-bond acceptors (Lipinski definition) is 10. The van der Waals surface area contributed by atoms with Crippen LogP contribution in [-0.2, 0) is 26.8 Å². The van der Waals surface area contributed by atoms with Crippen LogP contribution in [0.25, 0.3) is 21.9 Å². The van der Waals surface area contributed by atoms with Gasteiger partial charge >= 0.3 is 0 Å². The highest BCUT2D eigenvalue weighted by Crippen LogP contribution is 2.45. The van der Waals surface area contributed by atoms with Gasteiger partial charge in [-0.3, -0.25) is 9.11 Å². The number of nitrogen functional groups attached to an aromatic ring is 1. The third-order valence-corrected chi connectivity index (χ3v) is 8.94. The SMILES string of the molecule is N#Cc1c(N)sc(N=Nc2cc(S(=O)(=O)O)c3cccc(S(=O)(=O)O)c3c2)c1-c1cccc(NCc2ccccc2)c1. The van der Waals surface area contributed by atoms with Gasteiger partial charge in [0, 0.05) is 28.6 Å². The minimum Gasteiger partial charge on any atom is -0.389 e. The monoisotopic (exact) mass is 619 g/mol. The zero-order valence-corrected chi connectivity index (χ0v) is 23.9. The van der Waals surface area contributed by atoms with E-state index in [1.54, 1.807) is 12.1 Å². The van der Waals surface area contributed by atoms with Crippen LogP contribution in [0.1, 0.15) is 11.1 Å². The molecule has 0 radical (unpaired) electrons. The van der Waals surface area contributed by atoms with Gasteiger partial charge in [-0.25, -0.2) is 0 Å². The van der Waals surface area contributed by atoms with E-state index in [4.69, 9.17) is 5.73 Å². The summed E-state index contributed by atoms with van der Waals surface area (Å²) in [6.45, 7) is 0.567. The van der Waals surface area contributed by atoms with Crippen LogP contribution in [0.4, 0.5) is 21.4 Å². The molecule has 0 saturated carbocycles. The molecule has 42 heavy (non-hydrogen) atoms. The van der Waals surface area contributed by atoms with Gasteiger partial charge in [-0.05, 0) is 41.5 Å². The number of benzene rings is 4. The summed E-state index contributed by atoms with van der Waals surface area (Å²) in [7, 11) is -9.59. The van der Waals surface area contributed by atoms with Crippen molar-refractivity contribution in [2.45, 2.75) is 16.3 Å². The lowest BCUT2D eigenvalue weighted by Gasteiger charge is -2.09. The highest BCUT2D eigenvalue weighted by atomic mass is 32.2. The fourth-order valence-electron chi connectivity index (χ4n) is 4.38. The molecule has 14 heteroatoms. The van der Waals surface area contributed by atoms with Crippen molar-refractivity contribution in [1.82, 2.24) is 0 Å². The Morgan fingerprint density at radius 3 is 2.24 bits per heavy atom. The minimum absolute atomic E-state index is 0.138. The second-order valence-electron chi connectivity index (χ2n) is 9.00. The first-order valence-corrected chi connectivity index (χ1v) is 15.8. The fraction of sp³-hybridized carbons (Fsp3) is 0.0357. The van der Waals surface area contributed by atoms with Gasteiger partial charge in [0.15, 0.2) is 0 Å². The Balaban J connectivity index is 1.59. The van der Waals surface area contributed by atoms with Crippen molar-refractivity contribution >= 4 is 63.7 Å². The van der Waals surface area contributed by atoms with Crippen LogP contribution < -0.4 is 11.1 Å². The predicted molar refractivity (Wildman–Crippen MR) is 160 cm³/mol. The van der Waals surface area contributed by atoms with E-state index >= 15 is 0 Å². The van der Waals surface area contributed by atoms with E-state index in [9.17, 15) is 31.2 Å². The summed E-state index contributed by atoms with van der Waals surface area (Å²) < 4.78 is 67.8. The molecule has 0 aliphatic heterocycles. The Bertz CT molecular complexity index is 2120. The average Bonchev–Trinajstić information content (AvgIpc) is 3.28. The topological polar surface area (TPSA) is 195 Å². The standard InChI is InChI=1S/C28H21N5O6S3/c29-15-23-26(18-8-4-9-19(12-18)31-16-17-6-2-1-3-7-17)28(40-27(23)30)33-32-20-13-22-21(25(14-20)42(37,38)39)10-5-11-24(22)41(34,35)36/h1-14,31H,16,30H2,(H,34,35,36)(H,37,38,39). The molecule has 5 N–H and O–H groups in total. The van der Waals surface area contributed by atoms with Crippen LogP contribution in [0.2, 0.25) is 0 Å². The van der Waals surface area contributed by atoms with E-state index < -0.39 is 30.0 Å². The van der Waals surface area contributed by atoms with Crippen LogP contribution in [0.5, 0.6) is 0 Å². The van der Waals surface area contributed by atoms with Crippen molar-refractivity contribution in [3.05, 3.63) is 96.1 Å². The number of hydrogen-bond donors (Lipinski definition) is 4. The van der Waals surface area contributed by atoms with E-state index in [2.05, 4.69) is 21.6 Å². The molecule has 212 valence electrons. The molecule has 0 atom stereocenters. The molecule has 0 fully saturated rings. The van der Waals surface area contributed by atoms with Gasteiger partial charge in [0.2, 0.25) is 0 Å². The lowest BCUT2D eigenvalue weighted by Crippen LogP contribution is -2.03. The Hall–Kier alpha value is -4.65. The van der Waals surface area contributed by atoms with Crippen LogP contribution in [0, 0.1) is 11.3 Å². The molecule has 1 aromatic heterocycles. The van der Waals surface area contributed by atoms with E-state index in [-0.39, 0.29) is 32.0 Å². The van der Waals surface area contributed by atoms with Gasteiger partial charge in [0.1, 0.15) is 25.9 Å². The molecule has 5 rings (SSSR count). The number of thiophene rings is 1. The Morgan fingerprint density at radius 2 is 1.55 bits per heavy atom. The molecule has 11 nitrogen and oxygen atoms in total. The van der Waals surface area contributed by atoms with Gasteiger partial charge < -0.3 is 11.1 Å². The predicted octanol–water partition coefficient (Wildman–Crippen LogP) is 6.54. The maximum Gasteiger partial charge on any atom is 0.295 e. The average molecular weight is 620 g/mol. The first-order valence-electron chi connectivity index (χ1n) is 12.1. The molecular weight excluding hydrogens is 599 g/mol. The Kier molecular flexibility index (Phi) is 7.78. The summed E-state index contributed by atoms with van der Waals surface area (Å²) in [6, 6.07) is 25.0. The van der Waals surface area contributed by atoms with Crippen LogP contribution in [0.15, 0.2) is 105 Å². The van der Waals surface area contributed by atoms with Gasteiger partial charge in [-0.2, -0.15) is 22.1 Å². The number of anilines is 2. The van der Waals surface area contributed by atoms with Crippen LogP contribution >= 0.6 is 11.3 Å². The highest BCUT2D eigenvalue weighted by Gasteiger charge is 2.22. The number of azo groups is 1. The second-order valence-corrected chi connectivity index (χ2v) is 12.8. The molecule has 0 spiro atoms. The molecule has 0 aliphatic rings. The summed E-state index contributed by atoms with van der Waals surface area (Å²) in [6.07, 6.45) is 0. The summed E-state index contributed by atoms with van der Waals surface area (Å²) in [5, 5.41) is 21.6. The molecule has 0 amide bonds. The lowest BCUT2D eigenvalue weighted by atomic mass is 10.0. The highest BCUT2D eigenvalue weighted by molar-refractivity contribution is 7.86. The van der Waals surface area contributed by atoms with Crippen LogP contribution in [-0.4, -0.2) is 25.9 Å². The summed E-state index contributed by atoms with van der Waals surface area (Å²) >= 11 is 0.987. The second kappa shape index (κ2) is 11.3. The first-order chi connectivity index (χ1) is 20.0. The largest absolute Gasteiger partial charge is 0.389 e. The zero-order valence-electron chi connectivity index (χ0n) is 21.5. The molecule has 0 bridgehead atoms. The third kappa shape index (κ3) is 6.00. The molecular formula is C28H21N5O6S3. The van der Waals surface area contributed by atoms with Gasteiger partial charge in [-0.1, -0.05) is 65.9 Å². The number of rotatable bonds is 8. The van der Waals surface area contributed by atoms with E-state index in [1.165, 1.54) is 18.2 Å². The first kappa shape index (κ1) is 28.9.